The standard InChI is InChI=1S/C18H15N3O5/c19-11-14-9-15(17(22)16(10-14)21(24)25)7-4-8-20-18(23)26-12-13-5-2-1-3-6-13/h1-7,9-10,22H,8,12H2,(H,20,23). The summed E-state index contributed by atoms with van der Waals surface area (Å²) in [4.78, 5) is 21.7. The summed E-state index contributed by atoms with van der Waals surface area (Å²) in [5.41, 5.74) is 0.447. The number of hydrogen-bond donors (Lipinski definition) is 2. The molecule has 2 aromatic carbocycles. The van der Waals surface area contributed by atoms with E-state index in [-0.39, 0.29) is 24.3 Å². The molecule has 0 aromatic heterocycles. The van der Waals surface area contributed by atoms with Crippen LogP contribution in [0.5, 0.6) is 5.75 Å². The Morgan fingerprint density at radius 1 is 1.35 bits per heavy atom. The van der Waals surface area contributed by atoms with E-state index in [1.165, 1.54) is 18.2 Å². The van der Waals surface area contributed by atoms with Crippen molar-refractivity contribution in [3.8, 4) is 11.8 Å². The summed E-state index contributed by atoms with van der Waals surface area (Å²) in [5, 5.41) is 32.2. The van der Waals surface area contributed by atoms with Crippen molar-refractivity contribution in [2.24, 2.45) is 0 Å². The molecule has 8 nitrogen and oxygen atoms in total. The number of ether oxygens (including phenoxy) is 1. The number of phenols is 1. The first-order chi connectivity index (χ1) is 12.5. The second-order valence-corrected chi connectivity index (χ2v) is 5.15. The molecule has 0 unspecified atom stereocenters. The molecular weight excluding hydrogens is 338 g/mol. The monoisotopic (exact) mass is 353 g/mol. The van der Waals surface area contributed by atoms with Gasteiger partial charge in [-0.05, 0) is 11.6 Å². The molecule has 0 fully saturated rings. The summed E-state index contributed by atoms with van der Waals surface area (Å²) >= 11 is 0. The highest BCUT2D eigenvalue weighted by molar-refractivity contribution is 5.69. The van der Waals surface area contributed by atoms with Gasteiger partial charge < -0.3 is 15.2 Å². The Bertz CT molecular complexity index is 872. The first-order valence-electron chi connectivity index (χ1n) is 7.54. The van der Waals surface area contributed by atoms with Crippen molar-refractivity contribution in [2.75, 3.05) is 6.54 Å². The maximum absolute atomic E-state index is 11.6. The summed E-state index contributed by atoms with van der Waals surface area (Å²) in [7, 11) is 0. The SMILES string of the molecule is N#Cc1cc(C=CCNC(=O)OCc2ccccc2)c(O)c([N+](=O)[O-])c1. The van der Waals surface area contributed by atoms with Crippen molar-refractivity contribution < 1.29 is 19.6 Å². The van der Waals surface area contributed by atoms with Gasteiger partial charge in [-0.25, -0.2) is 4.79 Å². The smallest absolute Gasteiger partial charge is 0.407 e. The number of aromatic hydroxyl groups is 1. The predicted octanol–water partition coefficient (Wildman–Crippen LogP) is 3.11. The highest BCUT2D eigenvalue weighted by Crippen LogP contribution is 2.31. The Morgan fingerprint density at radius 2 is 2.08 bits per heavy atom. The van der Waals surface area contributed by atoms with Crippen LogP contribution < -0.4 is 5.32 Å². The lowest BCUT2D eigenvalue weighted by Crippen LogP contribution is -2.24. The Labute approximate surface area is 149 Å². The van der Waals surface area contributed by atoms with Gasteiger partial charge in [0.15, 0.2) is 0 Å². The Balaban J connectivity index is 1.92. The molecule has 2 aromatic rings. The molecule has 0 spiro atoms. The average molecular weight is 353 g/mol. The number of carbonyl (C=O) groups is 1. The van der Waals surface area contributed by atoms with E-state index < -0.39 is 22.5 Å². The van der Waals surface area contributed by atoms with E-state index in [1.54, 1.807) is 6.07 Å². The van der Waals surface area contributed by atoms with Gasteiger partial charge in [0.2, 0.25) is 5.75 Å². The van der Waals surface area contributed by atoms with Crippen LogP contribution in [0.3, 0.4) is 0 Å². The number of rotatable bonds is 6. The van der Waals surface area contributed by atoms with Gasteiger partial charge in [0.25, 0.3) is 0 Å². The van der Waals surface area contributed by atoms with E-state index in [0.29, 0.717) is 0 Å². The van der Waals surface area contributed by atoms with E-state index in [2.05, 4.69) is 5.32 Å². The summed E-state index contributed by atoms with van der Waals surface area (Å²) in [6, 6.07) is 13.3. The number of hydrogen-bond acceptors (Lipinski definition) is 6. The topological polar surface area (TPSA) is 125 Å². The van der Waals surface area contributed by atoms with Crippen LogP contribution in [0.15, 0.2) is 48.5 Å². The van der Waals surface area contributed by atoms with Crippen molar-refractivity contribution in [1.82, 2.24) is 5.32 Å². The minimum absolute atomic E-state index is 0.0457. The number of nitriles is 1. The predicted molar refractivity (Wildman–Crippen MR) is 93.1 cm³/mol. The third-order valence-corrected chi connectivity index (χ3v) is 3.32. The number of benzene rings is 2. The highest BCUT2D eigenvalue weighted by atomic mass is 16.6. The average Bonchev–Trinajstić information content (AvgIpc) is 2.65. The van der Waals surface area contributed by atoms with Crippen LogP contribution in [-0.2, 0) is 11.3 Å². The molecule has 0 aliphatic heterocycles. The van der Waals surface area contributed by atoms with E-state index >= 15 is 0 Å². The second-order valence-electron chi connectivity index (χ2n) is 5.15. The molecule has 2 rings (SSSR count). The highest BCUT2D eigenvalue weighted by Gasteiger charge is 2.17. The summed E-state index contributed by atoms with van der Waals surface area (Å²) in [6.45, 7) is 0.214. The van der Waals surface area contributed by atoms with Crippen LogP contribution in [0.25, 0.3) is 6.08 Å². The first kappa shape index (κ1) is 18.5. The number of alkyl carbamates (subject to hydrolysis) is 1. The fourth-order valence-electron chi connectivity index (χ4n) is 2.07. The molecule has 0 aliphatic rings. The Hall–Kier alpha value is -3.86. The van der Waals surface area contributed by atoms with E-state index in [1.807, 2.05) is 30.3 Å². The third kappa shape index (κ3) is 5.07. The van der Waals surface area contributed by atoms with Gasteiger partial charge in [0.05, 0.1) is 16.6 Å². The molecule has 0 saturated carbocycles. The largest absolute Gasteiger partial charge is 0.502 e. The zero-order valence-electron chi connectivity index (χ0n) is 13.6. The second kappa shape index (κ2) is 8.84. The summed E-state index contributed by atoms with van der Waals surface area (Å²) < 4.78 is 5.03. The molecular formula is C18H15N3O5. The van der Waals surface area contributed by atoms with Crippen LogP contribution in [0, 0.1) is 21.4 Å². The number of nitro benzene ring substituents is 1. The lowest BCUT2D eigenvalue weighted by Gasteiger charge is -2.05. The van der Waals surface area contributed by atoms with Crippen LogP contribution in [0.2, 0.25) is 0 Å². The van der Waals surface area contributed by atoms with Gasteiger partial charge in [-0.2, -0.15) is 5.26 Å². The molecule has 1 amide bonds. The molecule has 2 N–H and O–H groups in total. The van der Waals surface area contributed by atoms with Gasteiger partial charge >= 0.3 is 11.8 Å². The number of nitrogens with one attached hydrogen (secondary N) is 1. The molecule has 8 heteroatoms. The molecule has 132 valence electrons. The molecule has 0 heterocycles. The lowest BCUT2D eigenvalue weighted by atomic mass is 10.1. The van der Waals surface area contributed by atoms with Gasteiger partial charge in [-0.3, -0.25) is 10.1 Å². The fourth-order valence-corrected chi connectivity index (χ4v) is 2.07. The van der Waals surface area contributed by atoms with Gasteiger partial charge in [0.1, 0.15) is 6.61 Å². The number of amides is 1. The maximum atomic E-state index is 11.6. The first-order valence-corrected chi connectivity index (χ1v) is 7.54. The molecule has 0 bridgehead atoms. The molecule has 26 heavy (non-hydrogen) atoms. The van der Waals surface area contributed by atoms with Crippen LogP contribution >= 0.6 is 0 Å². The van der Waals surface area contributed by atoms with Crippen molar-refractivity contribution in [1.29, 1.82) is 5.26 Å². The maximum Gasteiger partial charge on any atom is 0.407 e. The fraction of sp³-hybridized carbons (Fsp3) is 0.111. The van der Waals surface area contributed by atoms with Crippen molar-refractivity contribution >= 4 is 17.9 Å². The minimum atomic E-state index is -0.771. The van der Waals surface area contributed by atoms with Gasteiger partial charge in [-0.15, -0.1) is 0 Å². The Morgan fingerprint density at radius 3 is 2.73 bits per heavy atom. The zero-order valence-corrected chi connectivity index (χ0v) is 13.6. The zero-order chi connectivity index (χ0) is 18.9. The molecule has 0 radical (unpaired) electrons. The summed E-state index contributed by atoms with van der Waals surface area (Å²) in [5.74, 6) is -0.545. The van der Waals surface area contributed by atoms with Crippen LogP contribution in [0.1, 0.15) is 16.7 Å². The van der Waals surface area contributed by atoms with Crippen molar-refractivity contribution in [2.45, 2.75) is 6.61 Å². The third-order valence-electron chi connectivity index (χ3n) is 3.32. The van der Waals surface area contributed by atoms with Crippen LogP contribution in [0.4, 0.5) is 10.5 Å². The quantitative estimate of drug-likeness (QED) is 0.607. The van der Waals surface area contributed by atoms with Crippen LogP contribution in [-0.4, -0.2) is 22.7 Å². The number of nitrogens with zero attached hydrogens (tertiary/aromatic N) is 2. The molecule has 0 aliphatic carbocycles. The number of carbonyl (C=O) groups excluding carboxylic acids is 1. The van der Waals surface area contributed by atoms with Gasteiger partial charge in [-0.1, -0.05) is 42.5 Å². The van der Waals surface area contributed by atoms with E-state index in [9.17, 15) is 20.0 Å². The van der Waals surface area contributed by atoms with E-state index in [4.69, 9.17) is 10.00 Å². The normalized spacial score (nSPS) is 10.3. The Kier molecular flexibility index (Phi) is 6.28. The molecule has 0 saturated heterocycles. The molecule has 0 atom stereocenters. The minimum Gasteiger partial charge on any atom is -0.502 e. The summed E-state index contributed by atoms with van der Waals surface area (Å²) in [6.07, 6.45) is 2.23. The van der Waals surface area contributed by atoms with Gasteiger partial charge in [0, 0.05) is 18.2 Å². The number of nitro groups is 1. The van der Waals surface area contributed by atoms with E-state index in [0.717, 1.165) is 11.6 Å². The number of phenolic OH excluding ortho intramolecular Hbond substituents is 1. The van der Waals surface area contributed by atoms with Crippen molar-refractivity contribution in [3.63, 3.8) is 0 Å². The van der Waals surface area contributed by atoms with Crippen molar-refractivity contribution in [3.05, 3.63) is 75.3 Å². The lowest BCUT2D eigenvalue weighted by molar-refractivity contribution is -0.385.